The van der Waals surface area contributed by atoms with E-state index in [4.69, 9.17) is 10.2 Å². The molecule has 1 rings (SSSR count). The molecule has 16 heavy (non-hydrogen) atoms. The molecule has 0 aliphatic heterocycles. The van der Waals surface area contributed by atoms with Gasteiger partial charge in [0.1, 0.15) is 0 Å². The molecule has 88 valence electrons. The molecule has 1 atom stereocenters. The molecule has 0 amide bonds. The Bertz CT molecular complexity index is 338. The van der Waals surface area contributed by atoms with Gasteiger partial charge in [-0.2, -0.15) is 0 Å². The van der Waals surface area contributed by atoms with E-state index in [-0.39, 0.29) is 18.2 Å². The molecule has 1 aromatic rings. The number of carboxylic acids is 1. The SMILES string of the molecule is CC(CCO)NCc1ccc(C(=O)O)cn1. The summed E-state index contributed by atoms with van der Waals surface area (Å²) < 4.78 is 0. The quantitative estimate of drug-likeness (QED) is 0.660. The van der Waals surface area contributed by atoms with Crippen molar-refractivity contribution in [2.75, 3.05) is 6.61 Å². The van der Waals surface area contributed by atoms with Gasteiger partial charge in [-0.25, -0.2) is 4.79 Å². The molecule has 0 saturated heterocycles. The van der Waals surface area contributed by atoms with Gasteiger partial charge in [0.15, 0.2) is 0 Å². The monoisotopic (exact) mass is 224 g/mol. The molecule has 1 heterocycles. The molecule has 0 saturated carbocycles. The second-order valence-corrected chi connectivity index (χ2v) is 3.64. The summed E-state index contributed by atoms with van der Waals surface area (Å²) in [6.45, 7) is 2.70. The zero-order valence-electron chi connectivity index (χ0n) is 9.18. The summed E-state index contributed by atoms with van der Waals surface area (Å²) in [6.07, 6.45) is 2.03. The summed E-state index contributed by atoms with van der Waals surface area (Å²) in [4.78, 5) is 14.6. The Kier molecular flexibility index (Phi) is 4.88. The van der Waals surface area contributed by atoms with Crippen LogP contribution in [0, 0.1) is 0 Å². The van der Waals surface area contributed by atoms with E-state index in [1.165, 1.54) is 12.3 Å². The predicted octanol–water partition coefficient (Wildman–Crippen LogP) is 0.640. The first kappa shape index (κ1) is 12.6. The molecule has 0 bridgehead atoms. The second kappa shape index (κ2) is 6.19. The van der Waals surface area contributed by atoms with E-state index in [0.717, 1.165) is 5.69 Å². The van der Waals surface area contributed by atoms with Crippen LogP contribution in [0.15, 0.2) is 18.3 Å². The average molecular weight is 224 g/mol. The number of nitrogens with one attached hydrogen (secondary N) is 1. The van der Waals surface area contributed by atoms with E-state index in [0.29, 0.717) is 13.0 Å². The lowest BCUT2D eigenvalue weighted by Gasteiger charge is -2.11. The van der Waals surface area contributed by atoms with Gasteiger partial charge in [-0.1, -0.05) is 0 Å². The highest BCUT2D eigenvalue weighted by atomic mass is 16.4. The molecule has 0 spiro atoms. The molecule has 0 aromatic carbocycles. The lowest BCUT2D eigenvalue weighted by atomic mass is 10.2. The Balaban J connectivity index is 2.46. The second-order valence-electron chi connectivity index (χ2n) is 3.64. The average Bonchev–Trinajstić information content (AvgIpc) is 2.27. The maximum Gasteiger partial charge on any atom is 0.337 e. The van der Waals surface area contributed by atoms with Crippen molar-refractivity contribution in [2.24, 2.45) is 0 Å². The van der Waals surface area contributed by atoms with Crippen LogP contribution in [-0.4, -0.2) is 33.8 Å². The van der Waals surface area contributed by atoms with Gasteiger partial charge in [-0.05, 0) is 25.5 Å². The van der Waals surface area contributed by atoms with Gasteiger partial charge in [0, 0.05) is 25.4 Å². The van der Waals surface area contributed by atoms with Crippen LogP contribution in [0.4, 0.5) is 0 Å². The van der Waals surface area contributed by atoms with Crippen LogP contribution in [0.1, 0.15) is 29.4 Å². The van der Waals surface area contributed by atoms with Crippen LogP contribution in [0.25, 0.3) is 0 Å². The zero-order chi connectivity index (χ0) is 12.0. The van der Waals surface area contributed by atoms with Crippen LogP contribution >= 0.6 is 0 Å². The highest BCUT2D eigenvalue weighted by Gasteiger charge is 2.04. The van der Waals surface area contributed by atoms with Gasteiger partial charge in [0.25, 0.3) is 0 Å². The van der Waals surface area contributed by atoms with Gasteiger partial charge < -0.3 is 15.5 Å². The zero-order valence-corrected chi connectivity index (χ0v) is 9.18. The number of rotatable bonds is 6. The summed E-state index contributed by atoms with van der Waals surface area (Å²) in [6, 6.07) is 3.43. The third-order valence-electron chi connectivity index (χ3n) is 2.27. The molecule has 1 aromatic heterocycles. The van der Waals surface area contributed by atoms with Crippen LogP contribution in [0.5, 0.6) is 0 Å². The first-order chi connectivity index (χ1) is 7.63. The van der Waals surface area contributed by atoms with E-state index in [9.17, 15) is 4.79 Å². The Labute approximate surface area is 94.1 Å². The number of pyridine rings is 1. The van der Waals surface area contributed by atoms with Crippen LogP contribution in [0.2, 0.25) is 0 Å². The lowest BCUT2D eigenvalue weighted by Crippen LogP contribution is -2.26. The van der Waals surface area contributed by atoms with Crippen molar-refractivity contribution in [1.29, 1.82) is 0 Å². The molecule has 3 N–H and O–H groups in total. The largest absolute Gasteiger partial charge is 0.478 e. The molecule has 5 nitrogen and oxygen atoms in total. The van der Waals surface area contributed by atoms with Crippen LogP contribution < -0.4 is 5.32 Å². The van der Waals surface area contributed by atoms with Gasteiger partial charge in [-0.15, -0.1) is 0 Å². The molecule has 0 aliphatic carbocycles. The highest BCUT2D eigenvalue weighted by molar-refractivity contribution is 5.87. The summed E-state index contributed by atoms with van der Waals surface area (Å²) in [5.74, 6) is -0.972. The first-order valence-electron chi connectivity index (χ1n) is 5.16. The molecule has 5 heteroatoms. The maximum absolute atomic E-state index is 10.6. The fourth-order valence-corrected chi connectivity index (χ4v) is 1.23. The number of aromatic carboxylic acids is 1. The molecular formula is C11H16N2O3. The Morgan fingerprint density at radius 1 is 1.56 bits per heavy atom. The lowest BCUT2D eigenvalue weighted by molar-refractivity contribution is 0.0696. The fourth-order valence-electron chi connectivity index (χ4n) is 1.23. The van der Waals surface area contributed by atoms with Gasteiger partial charge in [0.05, 0.1) is 11.3 Å². The van der Waals surface area contributed by atoms with Crippen molar-refractivity contribution in [2.45, 2.75) is 25.9 Å². The molecular weight excluding hydrogens is 208 g/mol. The van der Waals surface area contributed by atoms with E-state index in [2.05, 4.69) is 10.3 Å². The van der Waals surface area contributed by atoms with E-state index < -0.39 is 5.97 Å². The molecule has 0 fully saturated rings. The summed E-state index contributed by atoms with van der Waals surface area (Å²) in [5.41, 5.74) is 0.974. The van der Waals surface area contributed by atoms with Crippen molar-refractivity contribution in [1.82, 2.24) is 10.3 Å². The number of aromatic nitrogens is 1. The highest BCUT2D eigenvalue weighted by Crippen LogP contribution is 2.01. The van der Waals surface area contributed by atoms with Crippen molar-refractivity contribution in [3.05, 3.63) is 29.6 Å². The van der Waals surface area contributed by atoms with Gasteiger partial charge in [0.2, 0.25) is 0 Å². The smallest absolute Gasteiger partial charge is 0.337 e. The van der Waals surface area contributed by atoms with E-state index in [1.54, 1.807) is 6.07 Å². The minimum Gasteiger partial charge on any atom is -0.478 e. The third-order valence-corrected chi connectivity index (χ3v) is 2.27. The number of hydrogen-bond donors (Lipinski definition) is 3. The normalized spacial score (nSPS) is 12.4. The Hall–Kier alpha value is -1.46. The van der Waals surface area contributed by atoms with Crippen molar-refractivity contribution in [3.8, 4) is 0 Å². The van der Waals surface area contributed by atoms with Gasteiger partial charge >= 0.3 is 5.97 Å². The van der Waals surface area contributed by atoms with E-state index >= 15 is 0 Å². The number of aliphatic hydroxyl groups is 1. The summed E-state index contributed by atoms with van der Waals surface area (Å²) >= 11 is 0. The Morgan fingerprint density at radius 3 is 2.81 bits per heavy atom. The van der Waals surface area contributed by atoms with Crippen molar-refractivity contribution in [3.63, 3.8) is 0 Å². The van der Waals surface area contributed by atoms with Crippen LogP contribution in [-0.2, 0) is 6.54 Å². The predicted molar refractivity (Wildman–Crippen MR) is 59.2 cm³/mol. The molecule has 0 aliphatic rings. The third kappa shape index (κ3) is 3.96. The fraction of sp³-hybridized carbons (Fsp3) is 0.455. The Morgan fingerprint density at radius 2 is 2.31 bits per heavy atom. The number of nitrogens with zero attached hydrogens (tertiary/aromatic N) is 1. The summed E-state index contributed by atoms with van der Waals surface area (Å²) in [7, 11) is 0. The number of aliphatic hydroxyl groups excluding tert-OH is 1. The maximum atomic E-state index is 10.6. The number of hydrogen-bond acceptors (Lipinski definition) is 4. The minimum absolute atomic E-state index is 0.152. The standard InChI is InChI=1S/C11H16N2O3/c1-8(4-5-14)12-7-10-3-2-9(6-13-10)11(15)16/h2-3,6,8,12,14H,4-5,7H2,1H3,(H,15,16). The molecule has 0 radical (unpaired) electrons. The number of carboxylic acid groups (broad SMARTS) is 1. The van der Waals surface area contributed by atoms with Crippen LogP contribution in [0.3, 0.4) is 0 Å². The van der Waals surface area contributed by atoms with Gasteiger partial charge in [-0.3, -0.25) is 4.98 Å². The van der Waals surface area contributed by atoms with E-state index in [1.807, 2.05) is 6.92 Å². The minimum atomic E-state index is -0.972. The van der Waals surface area contributed by atoms with Crippen molar-refractivity contribution < 1.29 is 15.0 Å². The topological polar surface area (TPSA) is 82.5 Å². The first-order valence-corrected chi connectivity index (χ1v) is 5.16. The molecule has 1 unspecified atom stereocenters. The van der Waals surface area contributed by atoms with Crippen molar-refractivity contribution >= 4 is 5.97 Å². The summed E-state index contributed by atoms with van der Waals surface area (Å²) in [5, 5.41) is 20.6. The number of carbonyl (C=O) groups is 1.